The molecule has 1 fully saturated rings. The number of ether oxygens (including phenoxy) is 1. The number of hydrogen-bond acceptors (Lipinski definition) is 4. The summed E-state index contributed by atoms with van der Waals surface area (Å²) in [5, 5.41) is 2.68. The third kappa shape index (κ3) is 2.50. The Kier molecular flexibility index (Phi) is 3.89. The summed E-state index contributed by atoms with van der Waals surface area (Å²) in [6.07, 6.45) is 0. The van der Waals surface area contributed by atoms with Gasteiger partial charge in [-0.15, -0.1) is 0 Å². The van der Waals surface area contributed by atoms with Gasteiger partial charge in [-0.2, -0.15) is 0 Å². The zero-order valence-corrected chi connectivity index (χ0v) is 16.1. The molecule has 2 aromatic carbocycles. The van der Waals surface area contributed by atoms with E-state index in [-0.39, 0.29) is 0 Å². The first-order valence-electron chi connectivity index (χ1n) is 9.14. The lowest BCUT2D eigenvalue weighted by Crippen LogP contribution is -2.43. The molecule has 4 nitrogen and oxygen atoms in total. The SMILES string of the molecule is COc1ccc2c(c1)c(CN1CCN(C)CC1)c1c3ccccc3sn21. The maximum absolute atomic E-state index is 5.52. The second kappa shape index (κ2) is 6.27. The summed E-state index contributed by atoms with van der Waals surface area (Å²) in [5.41, 5.74) is 4.08. The summed E-state index contributed by atoms with van der Waals surface area (Å²) in [4.78, 5) is 4.99. The number of benzene rings is 2. The molecule has 4 aromatic rings. The molecule has 5 heteroatoms. The van der Waals surface area contributed by atoms with Gasteiger partial charge in [-0.25, -0.2) is 0 Å². The van der Waals surface area contributed by atoms with Gasteiger partial charge in [0.25, 0.3) is 0 Å². The number of aromatic nitrogens is 1. The van der Waals surface area contributed by atoms with Crippen LogP contribution >= 0.6 is 11.5 Å². The first-order valence-corrected chi connectivity index (χ1v) is 9.92. The molecular formula is C21H23N3OS. The molecule has 0 bridgehead atoms. The molecule has 0 aliphatic carbocycles. The lowest BCUT2D eigenvalue weighted by Gasteiger charge is -2.32. The Morgan fingerprint density at radius 2 is 1.81 bits per heavy atom. The zero-order chi connectivity index (χ0) is 17.7. The molecule has 3 heterocycles. The van der Waals surface area contributed by atoms with Crippen LogP contribution in [-0.2, 0) is 6.54 Å². The number of nitrogens with zero attached hydrogens (tertiary/aromatic N) is 3. The Bertz CT molecular complexity index is 1090. The average molecular weight is 366 g/mol. The molecule has 1 saturated heterocycles. The Morgan fingerprint density at radius 1 is 1.00 bits per heavy atom. The van der Waals surface area contributed by atoms with Gasteiger partial charge >= 0.3 is 0 Å². The fourth-order valence-electron chi connectivity index (χ4n) is 4.03. The standard InChI is InChI=1S/C21H23N3OS/c1-22-9-11-23(12-10-22)14-18-17-13-15(25-2)7-8-19(17)24-21(18)16-5-3-4-6-20(16)26-24/h3-8,13H,9-12,14H2,1-2H3. The van der Waals surface area contributed by atoms with Crippen molar-refractivity contribution in [3.63, 3.8) is 0 Å². The van der Waals surface area contributed by atoms with E-state index in [9.17, 15) is 0 Å². The molecule has 1 aliphatic heterocycles. The zero-order valence-electron chi connectivity index (χ0n) is 15.2. The second-order valence-electron chi connectivity index (χ2n) is 7.17. The van der Waals surface area contributed by atoms with Crippen LogP contribution in [0, 0.1) is 0 Å². The van der Waals surface area contributed by atoms with E-state index in [2.05, 4.69) is 63.1 Å². The Morgan fingerprint density at radius 3 is 2.62 bits per heavy atom. The van der Waals surface area contributed by atoms with E-state index in [4.69, 9.17) is 4.74 Å². The van der Waals surface area contributed by atoms with Gasteiger partial charge in [-0.05, 0) is 31.3 Å². The van der Waals surface area contributed by atoms with Crippen LogP contribution < -0.4 is 4.74 Å². The Hall–Kier alpha value is -2.08. The van der Waals surface area contributed by atoms with E-state index < -0.39 is 0 Å². The quantitative estimate of drug-likeness (QED) is 0.546. The van der Waals surface area contributed by atoms with Crippen molar-refractivity contribution in [1.82, 2.24) is 13.6 Å². The molecule has 0 atom stereocenters. The number of piperazine rings is 1. The van der Waals surface area contributed by atoms with Crippen LogP contribution in [-0.4, -0.2) is 53.9 Å². The average Bonchev–Trinajstić information content (AvgIpc) is 3.19. The van der Waals surface area contributed by atoms with Crippen molar-refractivity contribution in [2.45, 2.75) is 6.54 Å². The number of likely N-dealkylation sites (N-methyl/N-ethyl adjacent to an activating group) is 1. The summed E-state index contributed by atoms with van der Waals surface area (Å²) in [7, 11) is 3.95. The third-order valence-corrected chi connectivity index (χ3v) is 6.66. The van der Waals surface area contributed by atoms with Crippen LogP contribution in [0.1, 0.15) is 5.56 Å². The van der Waals surface area contributed by atoms with E-state index in [1.54, 1.807) is 7.11 Å². The number of methoxy groups -OCH3 is 1. The predicted octanol–water partition coefficient (Wildman–Crippen LogP) is 4.06. The van der Waals surface area contributed by atoms with Crippen LogP contribution in [0.5, 0.6) is 5.75 Å². The smallest absolute Gasteiger partial charge is 0.119 e. The highest BCUT2D eigenvalue weighted by Gasteiger charge is 2.21. The lowest BCUT2D eigenvalue weighted by molar-refractivity contribution is 0.149. The molecule has 0 N–H and O–H groups in total. The molecule has 0 spiro atoms. The molecule has 2 aromatic heterocycles. The Balaban J connectivity index is 1.73. The van der Waals surface area contributed by atoms with Crippen molar-refractivity contribution in [1.29, 1.82) is 0 Å². The van der Waals surface area contributed by atoms with Crippen LogP contribution in [0.25, 0.3) is 26.5 Å². The van der Waals surface area contributed by atoms with Crippen LogP contribution in [0.15, 0.2) is 42.5 Å². The summed E-state index contributed by atoms with van der Waals surface area (Å²) in [5.74, 6) is 0.930. The van der Waals surface area contributed by atoms with Crippen molar-refractivity contribution in [2.24, 2.45) is 0 Å². The summed E-state index contributed by atoms with van der Waals surface area (Å²) in [6.45, 7) is 5.53. The number of hydrogen-bond donors (Lipinski definition) is 0. The van der Waals surface area contributed by atoms with Crippen molar-refractivity contribution in [3.05, 3.63) is 48.0 Å². The molecule has 5 rings (SSSR count). The van der Waals surface area contributed by atoms with E-state index >= 15 is 0 Å². The molecule has 0 unspecified atom stereocenters. The monoisotopic (exact) mass is 365 g/mol. The van der Waals surface area contributed by atoms with Gasteiger partial charge in [0, 0.05) is 49.1 Å². The summed E-state index contributed by atoms with van der Waals surface area (Å²) in [6, 6.07) is 15.2. The highest BCUT2D eigenvalue weighted by atomic mass is 32.1. The van der Waals surface area contributed by atoms with E-state index in [0.717, 1.165) is 38.5 Å². The summed E-state index contributed by atoms with van der Waals surface area (Å²) >= 11 is 1.84. The molecule has 0 amide bonds. The molecular weight excluding hydrogens is 342 g/mol. The van der Waals surface area contributed by atoms with Crippen molar-refractivity contribution in [2.75, 3.05) is 40.3 Å². The molecule has 1 aliphatic rings. The van der Waals surface area contributed by atoms with E-state index in [0.29, 0.717) is 0 Å². The molecule has 26 heavy (non-hydrogen) atoms. The largest absolute Gasteiger partial charge is 0.497 e. The van der Waals surface area contributed by atoms with Gasteiger partial charge in [0.15, 0.2) is 0 Å². The second-order valence-corrected chi connectivity index (χ2v) is 8.16. The van der Waals surface area contributed by atoms with Gasteiger partial charge in [0.2, 0.25) is 0 Å². The normalized spacial score (nSPS) is 16.8. The van der Waals surface area contributed by atoms with Crippen LogP contribution in [0.2, 0.25) is 0 Å². The van der Waals surface area contributed by atoms with Gasteiger partial charge in [0.1, 0.15) is 5.75 Å². The van der Waals surface area contributed by atoms with Crippen molar-refractivity contribution >= 4 is 38.0 Å². The van der Waals surface area contributed by atoms with Gasteiger partial charge < -0.3 is 9.64 Å². The molecule has 0 radical (unpaired) electrons. The van der Waals surface area contributed by atoms with Gasteiger partial charge in [0.05, 0.1) is 22.8 Å². The third-order valence-electron chi connectivity index (χ3n) is 5.55. The fraction of sp³-hybridized carbons (Fsp3) is 0.333. The maximum atomic E-state index is 5.52. The maximum Gasteiger partial charge on any atom is 0.119 e. The summed E-state index contributed by atoms with van der Waals surface area (Å²) < 4.78 is 9.27. The topological polar surface area (TPSA) is 20.1 Å². The van der Waals surface area contributed by atoms with Crippen LogP contribution in [0.4, 0.5) is 0 Å². The van der Waals surface area contributed by atoms with Gasteiger partial charge in [-0.3, -0.25) is 8.69 Å². The molecule has 0 saturated carbocycles. The first-order chi connectivity index (χ1) is 12.7. The molecule has 134 valence electrons. The fourth-order valence-corrected chi connectivity index (χ4v) is 5.18. The van der Waals surface area contributed by atoms with Crippen LogP contribution in [0.3, 0.4) is 0 Å². The minimum absolute atomic E-state index is 0.930. The highest BCUT2D eigenvalue weighted by Crippen LogP contribution is 2.38. The van der Waals surface area contributed by atoms with Crippen molar-refractivity contribution < 1.29 is 4.74 Å². The predicted molar refractivity (Wildman–Crippen MR) is 110 cm³/mol. The minimum atomic E-state index is 0.930. The highest BCUT2D eigenvalue weighted by molar-refractivity contribution is 7.14. The van der Waals surface area contributed by atoms with E-state index in [1.165, 1.54) is 32.1 Å². The van der Waals surface area contributed by atoms with Gasteiger partial charge in [-0.1, -0.05) is 29.7 Å². The number of fused-ring (bicyclic) bond motifs is 5. The Labute approximate surface area is 157 Å². The van der Waals surface area contributed by atoms with E-state index in [1.807, 2.05) is 11.5 Å². The first kappa shape index (κ1) is 16.1. The minimum Gasteiger partial charge on any atom is -0.497 e. The number of rotatable bonds is 3. The lowest BCUT2D eigenvalue weighted by atomic mass is 10.1. The van der Waals surface area contributed by atoms with Crippen molar-refractivity contribution in [3.8, 4) is 5.75 Å².